The lowest BCUT2D eigenvalue weighted by Crippen LogP contribution is -2.37. The van der Waals surface area contributed by atoms with E-state index < -0.39 is 0 Å². The molecule has 1 atom stereocenters. The Morgan fingerprint density at radius 2 is 2.07 bits per heavy atom. The van der Waals surface area contributed by atoms with Crippen LogP contribution in [0.3, 0.4) is 0 Å². The molecule has 82 valence electrons. The number of hydrogen-bond acceptors (Lipinski definition) is 1. The standard InChI is InChI=1S/C12H23NO/c1-5-6-10-7-8-13(9-10)11(14)12(2,3)4/h10H,5-9H2,1-4H3. The minimum atomic E-state index is -0.207. The third kappa shape index (κ3) is 2.73. The second kappa shape index (κ2) is 4.33. The van der Waals surface area contributed by atoms with Crippen molar-refractivity contribution in [1.29, 1.82) is 0 Å². The molecule has 2 heteroatoms. The molecule has 1 aliphatic rings. The van der Waals surface area contributed by atoms with Crippen molar-refractivity contribution in [2.24, 2.45) is 11.3 Å². The van der Waals surface area contributed by atoms with Crippen molar-refractivity contribution in [2.75, 3.05) is 13.1 Å². The first-order valence-corrected chi connectivity index (χ1v) is 5.74. The molecule has 0 radical (unpaired) electrons. The van der Waals surface area contributed by atoms with Gasteiger partial charge in [0.1, 0.15) is 0 Å². The van der Waals surface area contributed by atoms with E-state index in [1.54, 1.807) is 0 Å². The molecule has 0 aromatic rings. The molecule has 1 unspecified atom stereocenters. The third-order valence-electron chi connectivity index (χ3n) is 2.91. The molecular weight excluding hydrogens is 174 g/mol. The van der Waals surface area contributed by atoms with E-state index in [2.05, 4.69) is 6.92 Å². The molecule has 0 aromatic carbocycles. The highest BCUT2D eigenvalue weighted by molar-refractivity contribution is 5.81. The topological polar surface area (TPSA) is 20.3 Å². The van der Waals surface area contributed by atoms with Crippen LogP contribution in [0.15, 0.2) is 0 Å². The zero-order valence-electron chi connectivity index (χ0n) is 9.97. The minimum absolute atomic E-state index is 0.207. The van der Waals surface area contributed by atoms with E-state index in [1.165, 1.54) is 19.3 Å². The number of hydrogen-bond donors (Lipinski definition) is 0. The number of carbonyl (C=O) groups is 1. The summed E-state index contributed by atoms with van der Waals surface area (Å²) < 4.78 is 0. The molecular formula is C12H23NO. The van der Waals surface area contributed by atoms with Crippen molar-refractivity contribution < 1.29 is 4.79 Å². The average molecular weight is 197 g/mol. The van der Waals surface area contributed by atoms with Gasteiger partial charge in [-0.25, -0.2) is 0 Å². The summed E-state index contributed by atoms with van der Waals surface area (Å²) in [5.74, 6) is 1.07. The highest BCUT2D eigenvalue weighted by Crippen LogP contribution is 2.25. The van der Waals surface area contributed by atoms with Gasteiger partial charge < -0.3 is 4.90 Å². The van der Waals surface area contributed by atoms with E-state index >= 15 is 0 Å². The fraction of sp³-hybridized carbons (Fsp3) is 0.917. The molecule has 0 aromatic heterocycles. The zero-order chi connectivity index (χ0) is 10.8. The number of likely N-dealkylation sites (tertiary alicyclic amines) is 1. The van der Waals surface area contributed by atoms with E-state index in [9.17, 15) is 4.79 Å². The van der Waals surface area contributed by atoms with Crippen molar-refractivity contribution in [3.05, 3.63) is 0 Å². The van der Waals surface area contributed by atoms with Gasteiger partial charge in [-0.3, -0.25) is 4.79 Å². The summed E-state index contributed by atoms with van der Waals surface area (Å²) in [6.07, 6.45) is 3.71. The second-order valence-electron chi connectivity index (χ2n) is 5.44. The van der Waals surface area contributed by atoms with Crippen LogP contribution in [0.4, 0.5) is 0 Å². The first-order valence-electron chi connectivity index (χ1n) is 5.74. The molecule has 2 nitrogen and oxygen atoms in total. The molecule has 0 N–H and O–H groups in total. The van der Waals surface area contributed by atoms with E-state index in [1.807, 2.05) is 25.7 Å². The molecule has 1 amide bonds. The fourth-order valence-corrected chi connectivity index (χ4v) is 2.14. The predicted octanol–water partition coefficient (Wildman–Crippen LogP) is 2.68. The number of rotatable bonds is 2. The van der Waals surface area contributed by atoms with Gasteiger partial charge in [0, 0.05) is 18.5 Å². The van der Waals surface area contributed by atoms with E-state index in [-0.39, 0.29) is 5.41 Å². The normalized spacial score (nSPS) is 22.9. The number of nitrogens with zero attached hydrogens (tertiary/aromatic N) is 1. The summed E-state index contributed by atoms with van der Waals surface area (Å²) in [4.78, 5) is 14.0. The Morgan fingerprint density at radius 3 is 2.57 bits per heavy atom. The monoisotopic (exact) mass is 197 g/mol. The van der Waals surface area contributed by atoms with Gasteiger partial charge >= 0.3 is 0 Å². The average Bonchev–Trinajstić information content (AvgIpc) is 2.50. The lowest BCUT2D eigenvalue weighted by Gasteiger charge is -2.25. The largest absolute Gasteiger partial charge is 0.342 e. The van der Waals surface area contributed by atoms with Crippen LogP contribution in [0.2, 0.25) is 0 Å². The SMILES string of the molecule is CCCC1CCN(C(=O)C(C)(C)C)C1. The van der Waals surface area contributed by atoms with Crippen molar-refractivity contribution in [1.82, 2.24) is 4.90 Å². The van der Waals surface area contributed by atoms with E-state index in [4.69, 9.17) is 0 Å². The smallest absolute Gasteiger partial charge is 0.227 e. The second-order valence-corrected chi connectivity index (χ2v) is 5.44. The Hall–Kier alpha value is -0.530. The van der Waals surface area contributed by atoms with Gasteiger partial charge in [-0.2, -0.15) is 0 Å². The number of carbonyl (C=O) groups excluding carboxylic acids is 1. The molecule has 1 aliphatic heterocycles. The summed E-state index contributed by atoms with van der Waals surface area (Å²) in [5.41, 5.74) is -0.207. The molecule has 0 saturated carbocycles. The van der Waals surface area contributed by atoms with Crippen LogP contribution in [0.25, 0.3) is 0 Å². The van der Waals surface area contributed by atoms with Gasteiger partial charge in [0.15, 0.2) is 0 Å². The van der Waals surface area contributed by atoms with Crippen molar-refractivity contribution >= 4 is 5.91 Å². The summed E-state index contributed by atoms with van der Waals surface area (Å²) >= 11 is 0. The Morgan fingerprint density at radius 1 is 1.43 bits per heavy atom. The Kier molecular flexibility index (Phi) is 3.57. The highest BCUT2D eigenvalue weighted by atomic mass is 16.2. The summed E-state index contributed by atoms with van der Waals surface area (Å²) in [5, 5.41) is 0. The molecule has 1 saturated heterocycles. The van der Waals surface area contributed by atoms with Crippen molar-refractivity contribution in [3.8, 4) is 0 Å². The fourth-order valence-electron chi connectivity index (χ4n) is 2.14. The summed E-state index contributed by atoms with van der Waals surface area (Å²) in [6.45, 7) is 10.2. The van der Waals surface area contributed by atoms with Crippen molar-refractivity contribution in [3.63, 3.8) is 0 Å². The molecule has 1 heterocycles. The Labute approximate surface area is 87.7 Å². The van der Waals surface area contributed by atoms with Crippen LogP contribution in [0.5, 0.6) is 0 Å². The third-order valence-corrected chi connectivity index (χ3v) is 2.91. The first-order chi connectivity index (χ1) is 6.45. The van der Waals surface area contributed by atoms with Crippen LogP contribution in [0, 0.1) is 11.3 Å². The minimum Gasteiger partial charge on any atom is -0.342 e. The maximum atomic E-state index is 11.9. The van der Waals surface area contributed by atoms with Gasteiger partial charge in [0.05, 0.1) is 0 Å². The van der Waals surface area contributed by atoms with Crippen molar-refractivity contribution in [2.45, 2.75) is 47.0 Å². The molecule has 0 aliphatic carbocycles. The Bertz CT molecular complexity index is 205. The molecule has 1 fully saturated rings. The van der Waals surface area contributed by atoms with E-state index in [0.29, 0.717) is 5.91 Å². The first kappa shape index (κ1) is 11.5. The highest BCUT2D eigenvalue weighted by Gasteiger charge is 2.32. The maximum absolute atomic E-state index is 11.9. The van der Waals surface area contributed by atoms with Gasteiger partial charge in [-0.1, -0.05) is 34.1 Å². The molecule has 14 heavy (non-hydrogen) atoms. The Balaban J connectivity index is 2.46. The molecule has 1 rings (SSSR count). The van der Waals surface area contributed by atoms with E-state index in [0.717, 1.165) is 19.0 Å². The maximum Gasteiger partial charge on any atom is 0.227 e. The van der Waals surface area contributed by atoms with Crippen LogP contribution in [0.1, 0.15) is 47.0 Å². The van der Waals surface area contributed by atoms with Gasteiger partial charge in [-0.15, -0.1) is 0 Å². The van der Waals surface area contributed by atoms with Gasteiger partial charge in [0.25, 0.3) is 0 Å². The lowest BCUT2D eigenvalue weighted by atomic mass is 9.95. The molecule has 0 spiro atoms. The molecule has 0 bridgehead atoms. The van der Waals surface area contributed by atoms with Gasteiger partial charge in [0.2, 0.25) is 5.91 Å². The number of amides is 1. The van der Waals surface area contributed by atoms with Gasteiger partial charge in [-0.05, 0) is 18.8 Å². The summed E-state index contributed by atoms with van der Waals surface area (Å²) in [6, 6.07) is 0. The predicted molar refractivity (Wildman–Crippen MR) is 59.1 cm³/mol. The summed E-state index contributed by atoms with van der Waals surface area (Å²) in [7, 11) is 0. The quantitative estimate of drug-likeness (QED) is 0.666. The van der Waals surface area contributed by atoms with Crippen LogP contribution in [-0.4, -0.2) is 23.9 Å². The van der Waals surface area contributed by atoms with Crippen LogP contribution >= 0.6 is 0 Å². The van der Waals surface area contributed by atoms with Crippen LogP contribution in [-0.2, 0) is 4.79 Å². The lowest BCUT2D eigenvalue weighted by molar-refractivity contribution is -0.138. The zero-order valence-corrected chi connectivity index (χ0v) is 9.97. The van der Waals surface area contributed by atoms with Crippen LogP contribution < -0.4 is 0 Å².